The Morgan fingerprint density at radius 3 is 2.56 bits per heavy atom. The molecular weight excluding hydrogens is 359 g/mol. The van der Waals surface area contributed by atoms with Crippen LogP contribution in [0.15, 0.2) is 61.1 Å². The zero-order valence-electron chi connectivity index (χ0n) is 13.0. The van der Waals surface area contributed by atoms with Gasteiger partial charge in [-0.15, -0.1) is 0 Å². The number of aromatic nitrogens is 2. The fourth-order valence-corrected chi connectivity index (χ4v) is 2.47. The third-order valence-corrected chi connectivity index (χ3v) is 4.26. The van der Waals surface area contributed by atoms with Gasteiger partial charge in [-0.25, -0.2) is 4.98 Å². The first kappa shape index (κ1) is 17.2. The van der Waals surface area contributed by atoms with E-state index in [9.17, 15) is 4.79 Å². The Morgan fingerprint density at radius 1 is 1.04 bits per heavy atom. The van der Waals surface area contributed by atoms with Gasteiger partial charge in [-0.05, 0) is 42.0 Å². The SMILES string of the molecule is O=C(NCc1ccncc1)c1ccc(Nc2cccc(Cl)c2Cl)nc1. The molecule has 5 nitrogen and oxygen atoms in total. The van der Waals surface area contributed by atoms with E-state index in [4.69, 9.17) is 23.2 Å². The summed E-state index contributed by atoms with van der Waals surface area (Å²) in [7, 11) is 0. The van der Waals surface area contributed by atoms with Crippen molar-refractivity contribution in [2.75, 3.05) is 5.32 Å². The monoisotopic (exact) mass is 372 g/mol. The first-order valence-corrected chi connectivity index (χ1v) is 8.23. The van der Waals surface area contributed by atoms with E-state index in [-0.39, 0.29) is 5.91 Å². The second-order valence-electron chi connectivity index (χ2n) is 5.20. The second-order valence-corrected chi connectivity index (χ2v) is 5.98. The fourth-order valence-electron chi connectivity index (χ4n) is 2.13. The minimum absolute atomic E-state index is 0.198. The molecule has 7 heteroatoms. The number of carbonyl (C=O) groups is 1. The highest BCUT2D eigenvalue weighted by atomic mass is 35.5. The van der Waals surface area contributed by atoms with Crippen LogP contribution in [0.4, 0.5) is 11.5 Å². The lowest BCUT2D eigenvalue weighted by Crippen LogP contribution is -2.22. The summed E-state index contributed by atoms with van der Waals surface area (Å²) in [5, 5.41) is 6.78. The third-order valence-electron chi connectivity index (χ3n) is 3.44. The van der Waals surface area contributed by atoms with Crippen molar-refractivity contribution >= 4 is 40.6 Å². The van der Waals surface area contributed by atoms with Crippen molar-refractivity contribution in [1.29, 1.82) is 0 Å². The van der Waals surface area contributed by atoms with Crippen molar-refractivity contribution in [3.8, 4) is 0 Å². The summed E-state index contributed by atoms with van der Waals surface area (Å²) in [6, 6.07) is 12.4. The molecule has 1 amide bonds. The topological polar surface area (TPSA) is 66.9 Å². The number of amides is 1. The molecule has 2 heterocycles. The lowest BCUT2D eigenvalue weighted by Gasteiger charge is -2.09. The number of carbonyl (C=O) groups excluding carboxylic acids is 1. The molecule has 0 unspecified atom stereocenters. The zero-order valence-corrected chi connectivity index (χ0v) is 14.6. The highest BCUT2D eigenvalue weighted by Gasteiger charge is 2.08. The van der Waals surface area contributed by atoms with E-state index in [1.54, 1.807) is 42.7 Å². The van der Waals surface area contributed by atoms with E-state index in [2.05, 4.69) is 20.6 Å². The van der Waals surface area contributed by atoms with Crippen molar-refractivity contribution < 1.29 is 4.79 Å². The van der Waals surface area contributed by atoms with Crippen LogP contribution >= 0.6 is 23.2 Å². The number of hydrogen-bond acceptors (Lipinski definition) is 4. The smallest absolute Gasteiger partial charge is 0.253 e. The van der Waals surface area contributed by atoms with Crippen LogP contribution < -0.4 is 10.6 Å². The molecule has 0 aliphatic heterocycles. The predicted molar refractivity (Wildman–Crippen MR) is 99.4 cm³/mol. The lowest BCUT2D eigenvalue weighted by molar-refractivity contribution is 0.0950. The fraction of sp³-hybridized carbons (Fsp3) is 0.0556. The Labute approximate surface area is 155 Å². The number of benzene rings is 1. The van der Waals surface area contributed by atoms with Crippen LogP contribution in [0.5, 0.6) is 0 Å². The molecule has 0 atom stereocenters. The van der Waals surface area contributed by atoms with E-state index < -0.39 is 0 Å². The molecule has 3 rings (SSSR count). The number of rotatable bonds is 5. The van der Waals surface area contributed by atoms with E-state index in [0.29, 0.717) is 33.7 Å². The van der Waals surface area contributed by atoms with Crippen LogP contribution in [0.3, 0.4) is 0 Å². The van der Waals surface area contributed by atoms with Gasteiger partial charge in [0.1, 0.15) is 5.82 Å². The molecule has 126 valence electrons. The number of nitrogens with one attached hydrogen (secondary N) is 2. The van der Waals surface area contributed by atoms with Crippen LogP contribution in [0.2, 0.25) is 10.0 Å². The maximum Gasteiger partial charge on any atom is 0.253 e. The summed E-state index contributed by atoms with van der Waals surface area (Å²) >= 11 is 12.1. The van der Waals surface area contributed by atoms with Crippen molar-refractivity contribution in [3.05, 3.63) is 82.2 Å². The largest absolute Gasteiger partial charge is 0.348 e. The van der Waals surface area contributed by atoms with Crippen LogP contribution in [0.1, 0.15) is 15.9 Å². The summed E-state index contributed by atoms with van der Waals surface area (Å²) in [4.78, 5) is 20.3. The lowest BCUT2D eigenvalue weighted by atomic mass is 10.2. The molecule has 0 bridgehead atoms. The number of hydrogen-bond donors (Lipinski definition) is 2. The van der Waals surface area contributed by atoms with Crippen molar-refractivity contribution in [2.24, 2.45) is 0 Å². The quantitative estimate of drug-likeness (QED) is 0.693. The minimum Gasteiger partial charge on any atom is -0.348 e. The molecule has 0 saturated carbocycles. The molecule has 2 N–H and O–H groups in total. The maximum absolute atomic E-state index is 12.2. The van der Waals surface area contributed by atoms with Crippen molar-refractivity contribution in [2.45, 2.75) is 6.54 Å². The average Bonchev–Trinajstić information content (AvgIpc) is 2.65. The molecule has 0 aliphatic rings. The van der Waals surface area contributed by atoms with Gasteiger partial charge in [-0.1, -0.05) is 29.3 Å². The standard InChI is InChI=1S/C18H14Cl2N4O/c19-14-2-1-3-15(17(14)20)24-16-5-4-13(11-22-16)18(25)23-10-12-6-8-21-9-7-12/h1-9,11H,10H2,(H,22,24)(H,23,25). The third kappa shape index (κ3) is 4.47. The predicted octanol–water partition coefficient (Wildman–Crippen LogP) is 4.46. The Bertz CT molecular complexity index is 870. The molecule has 0 spiro atoms. The molecule has 3 aromatic rings. The van der Waals surface area contributed by atoms with Gasteiger partial charge in [-0.2, -0.15) is 0 Å². The Kier molecular flexibility index (Phi) is 5.48. The normalized spacial score (nSPS) is 10.3. The van der Waals surface area contributed by atoms with Gasteiger partial charge in [-0.3, -0.25) is 9.78 Å². The van der Waals surface area contributed by atoms with E-state index >= 15 is 0 Å². The van der Waals surface area contributed by atoms with Crippen molar-refractivity contribution in [3.63, 3.8) is 0 Å². The number of anilines is 2. The van der Waals surface area contributed by atoms with Gasteiger partial charge in [0.2, 0.25) is 0 Å². The molecule has 0 saturated heterocycles. The molecule has 1 aromatic carbocycles. The Morgan fingerprint density at radius 2 is 1.84 bits per heavy atom. The van der Waals surface area contributed by atoms with Gasteiger partial charge in [0.25, 0.3) is 5.91 Å². The maximum atomic E-state index is 12.2. The van der Waals surface area contributed by atoms with Crippen LogP contribution in [0, 0.1) is 0 Å². The van der Waals surface area contributed by atoms with Gasteiger partial charge in [0, 0.05) is 25.1 Å². The minimum atomic E-state index is -0.198. The number of pyridine rings is 2. The summed E-state index contributed by atoms with van der Waals surface area (Å²) in [5.74, 6) is 0.367. The molecule has 25 heavy (non-hydrogen) atoms. The van der Waals surface area contributed by atoms with E-state index in [1.165, 1.54) is 6.20 Å². The summed E-state index contributed by atoms with van der Waals surface area (Å²) < 4.78 is 0. The Balaban J connectivity index is 1.63. The molecular formula is C18H14Cl2N4O. The van der Waals surface area contributed by atoms with Crippen LogP contribution in [-0.2, 0) is 6.54 Å². The average molecular weight is 373 g/mol. The van der Waals surface area contributed by atoms with E-state index in [1.807, 2.05) is 12.1 Å². The van der Waals surface area contributed by atoms with Gasteiger partial charge in [0.15, 0.2) is 0 Å². The summed E-state index contributed by atoms with van der Waals surface area (Å²) in [6.07, 6.45) is 4.87. The van der Waals surface area contributed by atoms with Gasteiger partial charge >= 0.3 is 0 Å². The highest BCUT2D eigenvalue weighted by molar-refractivity contribution is 6.43. The van der Waals surface area contributed by atoms with E-state index in [0.717, 1.165) is 5.56 Å². The molecule has 0 radical (unpaired) electrons. The van der Waals surface area contributed by atoms with Gasteiger partial charge < -0.3 is 10.6 Å². The zero-order chi connectivity index (χ0) is 17.6. The number of halogens is 2. The summed E-state index contributed by atoms with van der Waals surface area (Å²) in [6.45, 7) is 0.430. The van der Waals surface area contributed by atoms with Crippen LogP contribution in [-0.4, -0.2) is 15.9 Å². The van der Waals surface area contributed by atoms with Crippen LogP contribution in [0.25, 0.3) is 0 Å². The number of nitrogens with zero attached hydrogens (tertiary/aromatic N) is 2. The summed E-state index contributed by atoms with van der Waals surface area (Å²) in [5.41, 5.74) is 2.10. The first-order chi connectivity index (χ1) is 12.1. The second kappa shape index (κ2) is 7.96. The first-order valence-electron chi connectivity index (χ1n) is 7.47. The Hall–Kier alpha value is -2.63. The highest BCUT2D eigenvalue weighted by Crippen LogP contribution is 2.31. The van der Waals surface area contributed by atoms with Gasteiger partial charge in [0.05, 0.1) is 21.3 Å². The molecule has 2 aromatic heterocycles. The molecule has 0 aliphatic carbocycles. The molecule has 0 fully saturated rings. The van der Waals surface area contributed by atoms with Crippen molar-refractivity contribution in [1.82, 2.24) is 15.3 Å².